The molecule has 0 bridgehead atoms. The predicted octanol–water partition coefficient (Wildman–Crippen LogP) is 5.71. The second-order valence-corrected chi connectivity index (χ2v) is 10.5. The van der Waals surface area contributed by atoms with Crippen LogP contribution in [-0.4, -0.2) is 42.5 Å². The summed E-state index contributed by atoms with van der Waals surface area (Å²) in [4.78, 5) is 37.8. The van der Waals surface area contributed by atoms with Gasteiger partial charge >= 0.3 is 12.1 Å². The van der Waals surface area contributed by atoms with Gasteiger partial charge in [0.1, 0.15) is 5.52 Å². The zero-order valence-corrected chi connectivity index (χ0v) is 21.6. The van der Waals surface area contributed by atoms with Crippen molar-refractivity contribution in [2.45, 2.75) is 77.1 Å². The summed E-state index contributed by atoms with van der Waals surface area (Å²) in [6, 6.07) is 4.75. The van der Waals surface area contributed by atoms with E-state index < -0.39 is 23.5 Å². The van der Waals surface area contributed by atoms with Gasteiger partial charge in [0, 0.05) is 12.0 Å². The van der Waals surface area contributed by atoms with E-state index in [1.807, 2.05) is 6.92 Å². The first-order valence-electron chi connectivity index (χ1n) is 13.3. The van der Waals surface area contributed by atoms with Gasteiger partial charge in [-0.25, -0.2) is 14.8 Å². The van der Waals surface area contributed by atoms with Crippen molar-refractivity contribution in [3.05, 3.63) is 41.2 Å². The zero-order chi connectivity index (χ0) is 27.7. The SMILES string of the molecule is CC(Nc1nc(C(=O)O)nc2nc(NC(=O)C3CCCCC3)n(Cc3ccc(C(F)(F)F)cc3)c12)C1CCC1. The molecule has 3 aromatic rings. The Balaban J connectivity index is 1.58. The summed E-state index contributed by atoms with van der Waals surface area (Å²) in [6.45, 7) is 2.07. The average molecular weight is 545 g/mol. The first kappa shape index (κ1) is 26.9. The Morgan fingerprint density at radius 2 is 1.72 bits per heavy atom. The lowest BCUT2D eigenvalue weighted by Crippen LogP contribution is -2.31. The number of halogens is 3. The lowest BCUT2D eigenvalue weighted by Gasteiger charge is -2.32. The Kier molecular flexibility index (Phi) is 7.46. The number of hydrogen-bond acceptors (Lipinski definition) is 6. The molecule has 12 heteroatoms. The smallest absolute Gasteiger partial charge is 0.416 e. The van der Waals surface area contributed by atoms with Crippen molar-refractivity contribution in [2.24, 2.45) is 11.8 Å². The fraction of sp³-hybridized carbons (Fsp3) is 0.519. The molecule has 2 saturated carbocycles. The first-order valence-corrected chi connectivity index (χ1v) is 13.3. The van der Waals surface area contributed by atoms with E-state index in [-0.39, 0.29) is 41.8 Å². The number of amides is 1. The van der Waals surface area contributed by atoms with E-state index in [9.17, 15) is 27.9 Å². The average Bonchev–Trinajstić information content (AvgIpc) is 3.20. The van der Waals surface area contributed by atoms with Crippen molar-refractivity contribution in [1.29, 1.82) is 0 Å². The molecule has 208 valence electrons. The Morgan fingerprint density at radius 1 is 1.03 bits per heavy atom. The van der Waals surface area contributed by atoms with Crippen LogP contribution < -0.4 is 10.6 Å². The summed E-state index contributed by atoms with van der Waals surface area (Å²) in [7, 11) is 0. The highest BCUT2D eigenvalue weighted by Crippen LogP contribution is 2.34. The number of carbonyl (C=O) groups is 2. The Bertz CT molecular complexity index is 1360. The van der Waals surface area contributed by atoms with Crippen LogP contribution in [0.25, 0.3) is 11.2 Å². The van der Waals surface area contributed by atoms with Gasteiger partial charge in [-0.2, -0.15) is 18.2 Å². The standard InChI is InChI=1S/C27H31F3N6O3/c1-15(17-8-5-9-17)31-21-20-22(33-23(32-21)25(38)39)34-26(35-24(37)18-6-3-2-4-7-18)36(20)14-16-10-12-19(13-11-16)27(28,29)30/h10-13,15,17-18H,2-9,14H2,1H3,(H,38,39)(H2,31,32,33,34,35,37). The highest BCUT2D eigenvalue weighted by Gasteiger charge is 2.31. The molecule has 2 heterocycles. The number of alkyl halides is 3. The highest BCUT2D eigenvalue weighted by molar-refractivity contribution is 5.95. The molecule has 3 N–H and O–H groups in total. The Morgan fingerprint density at radius 3 is 2.31 bits per heavy atom. The monoisotopic (exact) mass is 544 g/mol. The molecule has 1 atom stereocenters. The zero-order valence-electron chi connectivity index (χ0n) is 21.6. The summed E-state index contributed by atoms with van der Waals surface area (Å²) in [5.41, 5.74) is 0.232. The maximum atomic E-state index is 13.1. The third-order valence-corrected chi connectivity index (χ3v) is 7.85. The third kappa shape index (κ3) is 5.84. The molecule has 5 rings (SSSR count). The molecule has 0 radical (unpaired) electrons. The number of hydrogen-bond donors (Lipinski definition) is 3. The second-order valence-electron chi connectivity index (χ2n) is 10.5. The number of fused-ring (bicyclic) bond motifs is 1. The fourth-order valence-electron chi connectivity index (χ4n) is 5.31. The van der Waals surface area contributed by atoms with E-state index in [0.29, 0.717) is 17.0 Å². The number of carbonyl (C=O) groups excluding carboxylic acids is 1. The number of rotatable bonds is 8. The molecular formula is C27H31F3N6O3. The highest BCUT2D eigenvalue weighted by atomic mass is 19.4. The molecule has 0 spiro atoms. The van der Waals surface area contributed by atoms with Crippen LogP contribution in [0.15, 0.2) is 24.3 Å². The molecule has 9 nitrogen and oxygen atoms in total. The van der Waals surface area contributed by atoms with Crippen molar-refractivity contribution in [3.8, 4) is 0 Å². The van der Waals surface area contributed by atoms with Crippen LogP contribution in [0.4, 0.5) is 24.9 Å². The minimum absolute atomic E-state index is 0.00630. The summed E-state index contributed by atoms with van der Waals surface area (Å²) < 4.78 is 41.0. The van der Waals surface area contributed by atoms with Gasteiger partial charge in [-0.05, 0) is 56.2 Å². The molecule has 0 aliphatic heterocycles. The Hall–Kier alpha value is -3.70. The number of aromatic carboxylic acids is 1. The normalized spacial score (nSPS) is 17.5. The summed E-state index contributed by atoms with van der Waals surface area (Å²) >= 11 is 0. The maximum Gasteiger partial charge on any atom is 0.416 e. The van der Waals surface area contributed by atoms with E-state index in [2.05, 4.69) is 25.6 Å². The molecular weight excluding hydrogens is 513 g/mol. The van der Waals surface area contributed by atoms with Crippen LogP contribution in [0.5, 0.6) is 0 Å². The molecule has 2 aromatic heterocycles. The van der Waals surface area contributed by atoms with Gasteiger partial charge in [0.25, 0.3) is 0 Å². The van der Waals surface area contributed by atoms with Gasteiger partial charge in [-0.1, -0.05) is 37.8 Å². The number of nitrogens with zero attached hydrogens (tertiary/aromatic N) is 4. The minimum atomic E-state index is -4.46. The van der Waals surface area contributed by atoms with E-state index in [1.54, 1.807) is 4.57 Å². The van der Waals surface area contributed by atoms with Crippen molar-refractivity contribution >= 4 is 34.8 Å². The molecule has 1 amide bonds. The van der Waals surface area contributed by atoms with Gasteiger partial charge in [0.2, 0.25) is 17.7 Å². The largest absolute Gasteiger partial charge is 0.475 e. The van der Waals surface area contributed by atoms with Crippen LogP contribution in [0.1, 0.15) is 80.0 Å². The molecule has 39 heavy (non-hydrogen) atoms. The van der Waals surface area contributed by atoms with Crippen LogP contribution in [-0.2, 0) is 17.5 Å². The van der Waals surface area contributed by atoms with Crippen LogP contribution in [0.2, 0.25) is 0 Å². The number of benzene rings is 1. The number of carboxylic acid groups (broad SMARTS) is 1. The number of nitrogens with one attached hydrogen (secondary N) is 2. The van der Waals surface area contributed by atoms with E-state index in [0.717, 1.165) is 63.5 Å². The summed E-state index contributed by atoms with van der Waals surface area (Å²) in [6.07, 6.45) is 3.27. The van der Waals surface area contributed by atoms with Gasteiger partial charge in [-0.15, -0.1) is 0 Å². The fourth-order valence-corrected chi connectivity index (χ4v) is 5.31. The molecule has 0 saturated heterocycles. The van der Waals surface area contributed by atoms with Crippen LogP contribution in [0.3, 0.4) is 0 Å². The summed E-state index contributed by atoms with van der Waals surface area (Å²) in [5, 5.41) is 15.9. The minimum Gasteiger partial charge on any atom is -0.475 e. The second kappa shape index (κ2) is 10.8. The quantitative estimate of drug-likeness (QED) is 0.332. The van der Waals surface area contributed by atoms with Crippen molar-refractivity contribution in [3.63, 3.8) is 0 Å². The van der Waals surface area contributed by atoms with Gasteiger partial charge in [-0.3, -0.25) is 10.1 Å². The van der Waals surface area contributed by atoms with Gasteiger partial charge < -0.3 is 15.0 Å². The van der Waals surface area contributed by atoms with Crippen LogP contribution >= 0.6 is 0 Å². The topological polar surface area (TPSA) is 122 Å². The van der Waals surface area contributed by atoms with E-state index >= 15 is 0 Å². The predicted molar refractivity (Wildman–Crippen MR) is 138 cm³/mol. The van der Waals surface area contributed by atoms with Crippen molar-refractivity contribution in [2.75, 3.05) is 10.6 Å². The molecule has 1 unspecified atom stereocenters. The Labute approximate surface area is 223 Å². The third-order valence-electron chi connectivity index (χ3n) is 7.85. The van der Waals surface area contributed by atoms with Crippen LogP contribution in [0, 0.1) is 11.8 Å². The molecule has 2 aliphatic carbocycles. The lowest BCUT2D eigenvalue weighted by atomic mass is 9.80. The maximum absolute atomic E-state index is 13.1. The van der Waals surface area contributed by atoms with Gasteiger partial charge in [0.15, 0.2) is 11.5 Å². The van der Waals surface area contributed by atoms with E-state index in [1.165, 1.54) is 12.1 Å². The first-order chi connectivity index (χ1) is 18.6. The number of anilines is 2. The number of carboxylic acids is 1. The molecule has 2 fully saturated rings. The molecule has 1 aromatic carbocycles. The van der Waals surface area contributed by atoms with Gasteiger partial charge in [0.05, 0.1) is 12.1 Å². The van der Waals surface area contributed by atoms with Crippen molar-refractivity contribution in [1.82, 2.24) is 19.5 Å². The molecule has 2 aliphatic rings. The summed E-state index contributed by atoms with van der Waals surface area (Å²) in [5.74, 6) is -1.31. The van der Waals surface area contributed by atoms with Crippen molar-refractivity contribution < 1.29 is 27.9 Å². The van der Waals surface area contributed by atoms with E-state index in [4.69, 9.17) is 0 Å². The number of aromatic nitrogens is 4. The lowest BCUT2D eigenvalue weighted by molar-refractivity contribution is -0.137. The number of imidazole rings is 1.